The smallest absolute Gasteiger partial charge is 0.261 e. The van der Waals surface area contributed by atoms with Gasteiger partial charge in [-0.15, -0.1) is 10.2 Å². The Morgan fingerprint density at radius 1 is 1.19 bits per heavy atom. The molecule has 31 heavy (non-hydrogen) atoms. The van der Waals surface area contributed by atoms with Crippen LogP contribution in [-0.4, -0.2) is 35.7 Å². The molecule has 7 nitrogen and oxygen atoms in total. The second-order valence-corrected chi connectivity index (χ2v) is 8.86. The molecule has 1 N–H and O–H groups in total. The van der Waals surface area contributed by atoms with E-state index in [1.165, 1.54) is 30.1 Å². The van der Waals surface area contributed by atoms with Crippen LogP contribution in [0.15, 0.2) is 36.4 Å². The summed E-state index contributed by atoms with van der Waals surface area (Å²) in [6, 6.07) is 10.8. The van der Waals surface area contributed by atoms with Crippen molar-refractivity contribution < 1.29 is 14.3 Å². The summed E-state index contributed by atoms with van der Waals surface area (Å²) in [5, 5.41) is 12.5. The molecule has 9 heteroatoms. The summed E-state index contributed by atoms with van der Waals surface area (Å²) in [6.07, 6.45) is 0.359. The number of amides is 2. The normalized spacial score (nSPS) is 15.9. The van der Waals surface area contributed by atoms with Crippen LogP contribution in [0.1, 0.15) is 38.8 Å². The maximum absolute atomic E-state index is 12.7. The highest BCUT2D eigenvalue weighted by Crippen LogP contribution is 2.35. The third kappa shape index (κ3) is 4.40. The zero-order chi connectivity index (χ0) is 22.1. The van der Waals surface area contributed by atoms with Gasteiger partial charge in [0.1, 0.15) is 10.8 Å². The highest BCUT2D eigenvalue weighted by molar-refractivity contribution is 7.15. The molecule has 0 unspecified atom stereocenters. The lowest BCUT2D eigenvalue weighted by Gasteiger charge is -2.17. The fraction of sp³-hybridized carbons (Fsp3) is 0.273. The summed E-state index contributed by atoms with van der Waals surface area (Å²) in [5.74, 6) is 0.00837. The van der Waals surface area contributed by atoms with Crippen LogP contribution in [0.4, 0.5) is 10.8 Å². The lowest BCUT2D eigenvalue weighted by Crippen LogP contribution is -2.24. The maximum Gasteiger partial charge on any atom is 0.261 e. The summed E-state index contributed by atoms with van der Waals surface area (Å²) >= 11 is 7.28. The molecule has 160 valence electrons. The number of aryl methyl sites for hydroxylation is 2. The molecule has 2 heterocycles. The van der Waals surface area contributed by atoms with E-state index in [9.17, 15) is 9.59 Å². The Labute approximate surface area is 189 Å². The molecule has 1 saturated heterocycles. The molecule has 4 rings (SSSR count). The van der Waals surface area contributed by atoms with E-state index in [4.69, 9.17) is 16.3 Å². The van der Waals surface area contributed by atoms with Gasteiger partial charge in [-0.1, -0.05) is 29.0 Å². The molecular weight excluding hydrogens is 436 g/mol. The lowest BCUT2D eigenvalue weighted by molar-refractivity contribution is -0.117. The minimum absolute atomic E-state index is 0.0534. The first kappa shape index (κ1) is 21.3. The number of hydrogen-bond donors (Lipinski definition) is 1. The molecule has 3 aromatic rings. The van der Waals surface area contributed by atoms with Gasteiger partial charge in [-0.2, -0.15) is 0 Å². The van der Waals surface area contributed by atoms with E-state index in [1.54, 1.807) is 17.0 Å². The van der Waals surface area contributed by atoms with E-state index < -0.39 is 0 Å². The Bertz CT molecular complexity index is 1160. The van der Waals surface area contributed by atoms with Gasteiger partial charge in [0, 0.05) is 29.6 Å². The number of carbonyl (C=O) groups excluding carboxylic acids is 2. The van der Waals surface area contributed by atoms with Gasteiger partial charge in [0.15, 0.2) is 0 Å². The third-order valence-corrected chi connectivity index (χ3v) is 6.58. The fourth-order valence-electron chi connectivity index (χ4n) is 3.49. The lowest BCUT2D eigenvalue weighted by atomic mass is 10.1. The zero-order valence-electron chi connectivity index (χ0n) is 17.3. The second kappa shape index (κ2) is 8.64. The van der Waals surface area contributed by atoms with Crippen LogP contribution < -0.4 is 15.0 Å². The van der Waals surface area contributed by atoms with E-state index in [0.717, 1.165) is 11.3 Å². The molecule has 2 amide bonds. The Morgan fingerprint density at radius 3 is 2.74 bits per heavy atom. The summed E-state index contributed by atoms with van der Waals surface area (Å²) < 4.78 is 5.23. The number of hydrogen-bond acceptors (Lipinski definition) is 6. The van der Waals surface area contributed by atoms with E-state index in [1.807, 2.05) is 32.0 Å². The highest BCUT2D eigenvalue weighted by Gasteiger charge is 2.34. The van der Waals surface area contributed by atoms with Crippen LogP contribution in [0.2, 0.25) is 5.02 Å². The molecule has 1 aliphatic heterocycles. The highest BCUT2D eigenvalue weighted by atomic mass is 35.5. The summed E-state index contributed by atoms with van der Waals surface area (Å²) in [5.41, 5.74) is 3.53. The first-order chi connectivity index (χ1) is 14.9. The molecule has 0 bridgehead atoms. The summed E-state index contributed by atoms with van der Waals surface area (Å²) in [4.78, 5) is 27.1. The monoisotopic (exact) mass is 456 g/mol. The van der Waals surface area contributed by atoms with Crippen molar-refractivity contribution in [2.75, 3.05) is 23.9 Å². The number of anilines is 2. The van der Waals surface area contributed by atoms with Crippen molar-refractivity contribution in [2.24, 2.45) is 0 Å². The number of nitrogens with one attached hydrogen (secondary N) is 1. The molecule has 1 fully saturated rings. The largest absolute Gasteiger partial charge is 0.496 e. The summed E-state index contributed by atoms with van der Waals surface area (Å²) in [7, 11) is 1.49. The van der Waals surface area contributed by atoms with Crippen molar-refractivity contribution in [2.45, 2.75) is 26.2 Å². The Balaban J connectivity index is 1.48. The van der Waals surface area contributed by atoms with Gasteiger partial charge in [0.25, 0.3) is 5.91 Å². The van der Waals surface area contributed by atoms with E-state index in [-0.39, 0.29) is 17.7 Å². The number of nitrogens with zero attached hydrogens (tertiary/aromatic N) is 3. The van der Waals surface area contributed by atoms with Crippen molar-refractivity contribution in [3.05, 3.63) is 63.1 Å². The van der Waals surface area contributed by atoms with Gasteiger partial charge >= 0.3 is 0 Å². The molecule has 0 aliphatic carbocycles. The molecule has 1 aliphatic rings. The predicted octanol–water partition coefficient (Wildman–Crippen LogP) is 4.59. The Kier molecular flexibility index (Phi) is 5.93. The topological polar surface area (TPSA) is 84.4 Å². The van der Waals surface area contributed by atoms with Gasteiger partial charge < -0.3 is 9.64 Å². The minimum Gasteiger partial charge on any atom is -0.496 e. The van der Waals surface area contributed by atoms with E-state index >= 15 is 0 Å². The van der Waals surface area contributed by atoms with Gasteiger partial charge in [-0.3, -0.25) is 14.9 Å². The molecule has 2 aromatic carbocycles. The van der Waals surface area contributed by atoms with Gasteiger partial charge in [0.2, 0.25) is 11.0 Å². The zero-order valence-corrected chi connectivity index (χ0v) is 18.9. The Hall–Kier alpha value is -2.97. The quantitative estimate of drug-likeness (QED) is 0.607. The van der Waals surface area contributed by atoms with Gasteiger partial charge in [-0.05, 0) is 55.3 Å². The van der Waals surface area contributed by atoms with Crippen LogP contribution in [-0.2, 0) is 4.79 Å². The molecule has 0 saturated carbocycles. The number of aromatic nitrogens is 2. The molecule has 1 aromatic heterocycles. The number of ether oxygens (including phenoxy) is 1. The SMILES string of the molecule is COc1ccc(Cl)cc1C(=O)Nc1nnc([C@H]2CC(=O)N(c3ccc(C)c(C)c3)C2)s1. The van der Waals surface area contributed by atoms with Gasteiger partial charge in [-0.25, -0.2) is 0 Å². The average molecular weight is 457 g/mol. The van der Waals surface area contributed by atoms with Crippen LogP contribution in [0.25, 0.3) is 0 Å². The second-order valence-electron chi connectivity index (χ2n) is 7.42. The average Bonchev–Trinajstić information content (AvgIpc) is 3.36. The van der Waals surface area contributed by atoms with Crippen LogP contribution >= 0.6 is 22.9 Å². The van der Waals surface area contributed by atoms with Crippen molar-refractivity contribution in [3.8, 4) is 5.75 Å². The van der Waals surface area contributed by atoms with Crippen molar-refractivity contribution in [3.63, 3.8) is 0 Å². The van der Waals surface area contributed by atoms with Crippen LogP contribution in [0.5, 0.6) is 5.75 Å². The maximum atomic E-state index is 12.7. The fourth-order valence-corrected chi connectivity index (χ4v) is 4.49. The molecule has 1 atom stereocenters. The molecular formula is C22H21ClN4O3S. The summed E-state index contributed by atoms with van der Waals surface area (Å²) in [6.45, 7) is 4.61. The predicted molar refractivity (Wildman–Crippen MR) is 121 cm³/mol. The van der Waals surface area contributed by atoms with Gasteiger partial charge in [0.05, 0.1) is 12.7 Å². The minimum atomic E-state index is -0.388. The number of rotatable bonds is 5. The number of carbonyl (C=O) groups is 2. The first-order valence-corrected chi connectivity index (χ1v) is 10.9. The first-order valence-electron chi connectivity index (χ1n) is 9.71. The van der Waals surface area contributed by atoms with E-state index in [0.29, 0.717) is 39.4 Å². The standard InChI is InChI=1S/C22H21ClN4O3S/c1-12-4-6-16(8-13(12)2)27-11-14(9-19(27)28)21-25-26-22(31-21)24-20(29)17-10-15(23)5-7-18(17)30-3/h4-8,10,14H,9,11H2,1-3H3,(H,24,26,29)/t14-/m0/s1. The van der Waals surface area contributed by atoms with E-state index in [2.05, 4.69) is 15.5 Å². The number of halogens is 1. The van der Waals surface area contributed by atoms with Crippen LogP contribution in [0, 0.1) is 13.8 Å². The third-order valence-electron chi connectivity index (χ3n) is 5.34. The van der Waals surface area contributed by atoms with Crippen LogP contribution in [0.3, 0.4) is 0 Å². The number of methoxy groups -OCH3 is 1. The number of benzene rings is 2. The Morgan fingerprint density at radius 2 is 2.00 bits per heavy atom. The van der Waals surface area contributed by atoms with Crippen molar-refractivity contribution >= 4 is 45.6 Å². The van der Waals surface area contributed by atoms with Crippen molar-refractivity contribution in [1.29, 1.82) is 0 Å². The van der Waals surface area contributed by atoms with Crippen molar-refractivity contribution in [1.82, 2.24) is 10.2 Å². The molecule has 0 spiro atoms. The molecule has 0 radical (unpaired) electrons.